The van der Waals surface area contributed by atoms with E-state index in [0.29, 0.717) is 22.8 Å². The number of pyridine rings is 1. The van der Waals surface area contributed by atoms with Crippen LogP contribution in [0.1, 0.15) is 5.56 Å². The third kappa shape index (κ3) is 7.11. The first-order chi connectivity index (χ1) is 19.3. The average molecular weight is 587 g/mol. The predicted octanol–water partition coefficient (Wildman–Crippen LogP) is 5.10. The first-order valence-corrected chi connectivity index (χ1v) is 12.4. The minimum Gasteiger partial charge on any atom is -0.497 e. The van der Waals surface area contributed by atoms with Gasteiger partial charge in [-0.25, -0.2) is 14.5 Å². The molecule has 0 saturated heterocycles. The van der Waals surface area contributed by atoms with Crippen molar-refractivity contribution < 1.29 is 28.9 Å². The Morgan fingerprint density at radius 1 is 0.975 bits per heavy atom. The predicted molar refractivity (Wildman–Crippen MR) is 150 cm³/mol. The maximum atomic E-state index is 12.7. The second-order valence-corrected chi connectivity index (χ2v) is 8.89. The van der Waals surface area contributed by atoms with Crippen LogP contribution in [-0.2, 0) is 16.1 Å². The zero-order valence-electron chi connectivity index (χ0n) is 21.3. The molecule has 4 aromatic rings. The number of halogens is 2. The molecule has 0 aliphatic heterocycles. The first kappa shape index (κ1) is 28.5. The standard InChI is InChI=1S/C26H24Cl2N6O6/c1-38-14-23(36)31-20-11-15(9-10-29-20)13-40-19-8-7-18(24(27)25(19)28)30-26(37)32-21-12-22(35)33-34(21)16-3-5-17(39-2)6-4-16/h3-12H,13-14H2,1-2H3,(H,33,35)(H,29,31,36)(H2,30,32,37). The molecule has 0 fully saturated rings. The summed E-state index contributed by atoms with van der Waals surface area (Å²) in [5.41, 5.74) is 1.52. The number of methoxy groups -OCH3 is 2. The normalized spacial score (nSPS) is 10.6. The van der Waals surface area contributed by atoms with Crippen molar-refractivity contribution in [2.45, 2.75) is 6.61 Å². The number of aromatic nitrogens is 3. The van der Waals surface area contributed by atoms with Crippen LogP contribution in [0.4, 0.5) is 22.1 Å². The van der Waals surface area contributed by atoms with E-state index in [1.807, 2.05) is 0 Å². The Morgan fingerprint density at radius 2 is 1.75 bits per heavy atom. The van der Waals surface area contributed by atoms with Gasteiger partial charge in [0.25, 0.3) is 5.91 Å². The Balaban J connectivity index is 1.40. The zero-order valence-corrected chi connectivity index (χ0v) is 22.8. The number of amides is 3. The fraction of sp³-hybridized carbons (Fsp3) is 0.154. The maximum Gasteiger partial charge on any atom is 0.324 e. The van der Waals surface area contributed by atoms with Crippen LogP contribution in [0, 0.1) is 0 Å². The Kier molecular flexibility index (Phi) is 9.27. The van der Waals surface area contributed by atoms with Gasteiger partial charge in [0.2, 0.25) is 5.88 Å². The van der Waals surface area contributed by atoms with Gasteiger partial charge in [0.05, 0.1) is 23.5 Å². The van der Waals surface area contributed by atoms with Gasteiger partial charge in [0.1, 0.15) is 41.4 Å². The molecule has 2 aromatic heterocycles. The number of benzene rings is 2. The number of carbonyl (C=O) groups excluding carboxylic acids is 2. The SMILES string of the molecule is COCC(=O)Nc1cc(COc2ccc(NC(=O)Nc3cc(O)nn3-c3ccc(OC)cc3)c(Cl)c2Cl)ccn1. The molecule has 2 aromatic carbocycles. The van der Waals surface area contributed by atoms with Crippen molar-refractivity contribution in [1.82, 2.24) is 14.8 Å². The highest BCUT2D eigenvalue weighted by Crippen LogP contribution is 2.38. The van der Waals surface area contributed by atoms with Gasteiger partial charge >= 0.3 is 6.03 Å². The van der Waals surface area contributed by atoms with Crippen LogP contribution >= 0.6 is 23.2 Å². The van der Waals surface area contributed by atoms with Gasteiger partial charge in [-0.15, -0.1) is 5.10 Å². The third-order valence-corrected chi connectivity index (χ3v) is 6.18. The molecule has 12 nitrogen and oxygen atoms in total. The van der Waals surface area contributed by atoms with Crippen molar-refractivity contribution in [3.63, 3.8) is 0 Å². The number of aromatic hydroxyl groups is 1. The number of urea groups is 1. The number of ether oxygens (including phenoxy) is 3. The lowest BCUT2D eigenvalue weighted by Crippen LogP contribution is -2.21. The molecular weight excluding hydrogens is 563 g/mol. The average Bonchev–Trinajstić information content (AvgIpc) is 3.30. The zero-order chi connectivity index (χ0) is 28.6. The molecule has 3 amide bonds. The molecule has 14 heteroatoms. The first-order valence-electron chi connectivity index (χ1n) is 11.6. The molecule has 0 aliphatic rings. The van der Waals surface area contributed by atoms with Crippen LogP contribution in [0.3, 0.4) is 0 Å². The maximum absolute atomic E-state index is 12.7. The highest BCUT2D eigenvalue weighted by atomic mass is 35.5. The van der Waals surface area contributed by atoms with E-state index in [1.165, 1.54) is 30.1 Å². The molecule has 4 rings (SSSR count). The van der Waals surface area contributed by atoms with Crippen LogP contribution in [-0.4, -0.2) is 52.6 Å². The number of rotatable bonds is 10. The lowest BCUT2D eigenvalue weighted by atomic mass is 10.2. The summed E-state index contributed by atoms with van der Waals surface area (Å²) in [6.07, 6.45) is 1.53. The topological polar surface area (TPSA) is 149 Å². The van der Waals surface area contributed by atoms with E-state index < -0.39 is 6.03 Å². The molecule has 0 bridgehead atoms. The summed E-state index contributed by atoms with van der Waals surface area (Å²) in [5.74, 6) is 0.853. The van der Waals surface area contributed by atoms with Crippen LogP contribution in [0.2, 0.25) is 10.0 Å². The summed E-state index contributed by atoms with van der Waals surface area (Å²) >= 11 is 12.8. The van der Waals surface area contributed by atoms with E-state index in [4.69, 9.17) is 37.4 Å². The largest absolute Gasteiger partial charge is 0.497 e. The van der Waals surface area contributed by atoms with Crippen molar-refractivity contribution in [3.05, 3.63) is 76.4 Å². The molecule has 2 heterocycles. The van der Waals surface area contributed by atoms with Crippen LogP contribution in [0.25, 0.3) is 5.69 Å². The van der Waals surface area contributed by atoms with Gasteiger partial charge in [-0.3, -0.25) is 10.1 Å². The summed E-state index contributed by atoms with van der Waals surface area (Å²) in [6.45, 7) is 0.0154. The van der Waals surface area contributed by atoms with Crippen LogP contribution in [0.15, 0.2) is 60.8 Å². The van der Waals surface area contributed by atoms with E-state index >= 15 is 0 Å². The Hall–Kier alpha value is -4.52. The third-order valence-electron chi connectivity index (χ3n) is 5.31. The molecule has 0 unspecified atom stereocenters. The molecular formula is C26H24Cl2N6O6. The monoisotopic (exact) mass is 586 g/mol. The highest BCUT2D eigenvalue weighted by Gasteiger charge is 2.16. The van der Waals surface area contributed by atoms with Crippen molar-refractivity contribution in [2.24, 2.45) is 0 Å². The summed E-state index contributed by atoms with van der Waals surface area (Å²) in [4.78, 5) is 28.5. The van der Waals surface area contributed by atoms with Crippen molar-refractivity contribution >= 4 is 52.5 Å². The Morgan fingerprint density at radius 3 is 2.48 bits per heavy atom. The fourth-order valence-electron chi connectivity index (χ4n) is 3.49. The van der Waals surface area contributed by atoms with Gasteiger partial charge < -0.3 is 30.0 Å². The smallest absolute Gasteiger partial charge is 0.324 e. The van der Waals surface area contributed by atoms with Gasteiger partial charge in [-0.2, -0.15) is 0 Å². The summed E-state index contributed by atoms with van der Waals surface area (Å²) in [6, 6.07) is 14.0. The lowest BCUT2D eigenvalue weighted by Gasteiger charge is -2.14. The minimum absolute atomic E-state index is 0.0584. The summed E-state index contributed by atoms with van der Waals surface area (Å²) in [7, 11) is 2.97. The Bertz CT molecular complexity index is 1510. The minimum atomic E-state index is -0.652. The van der Waals surface area contributed by atoms with E-state index in [1.54, 1.807) is 49.6 Å². The number of hydrogen-bond acceptors (Lipinski definition) is 8. The van der Waals surface area contributed by atoms with Gasteiger partial charge in [-0.1, -0.05) is 23.2 Å². The molecule has 0 aliphatic carbocycles. The highest BCUT2D eigenvalue weighted by molar-refractivity contribution is 6.45. The van der Waals surface area contributed by atoms with Crippen molar-refractivity contribution in [2.75, 3.05) is 36.8 Å². The van der Waals surface area contributed by atoms with Crippen LogP contribution in [0.5, 0.6) is 17.4 Å². The molecule has 0 saturated carbocycles. The fourth-order valence-corrected chi connectivity index (χ4v) is 3.91. The number of nitrogens with zero attached hydrogens (tertiary/aromatic N) is 3. The summed E-state index contributed by atoms with van der Waals surface area (Å²) < 4.78 is 17.1. The molecule has 0 spiro atoms. The van der Waals surface area contributed by atoms with E-state index in [0.717, 1.165) is 0 Å². The molecule has 40 heavy (non-hydrogen) atoms. The summed E-state index contributed by atoms with van der Waals surface area (Å²) in [5, 5.41) is 21.9. The number of nitrogens with one attached hydrogen (secondary N) is 3. The van der Waals surface area contributed by atoms with Gasteiger partial charge in [0, 0.05) is 19.4 Å². The quantitative estimate of drug-likeness (QED) is 0.200. The second kappa shape index (κ2) is 13.0. The molecule has 0 radical (unpaired) electrons. The van der Waals surface area contributed by atoms with Crippen molar-refractivity contribution in [3.8, 4) is 23.1 Å². The Labute approximate surface area is 238 Å². The van der Waals surface area contributed by atoms with E-state index in [-0.39, 0.29) is 52.3 Å². The molecule has 208 valence electrons. The second-order valence-electron chi connectivity index (χ2n) is 8.14. The van der Waals surface area contributed by atoms with Gasteiger partial charge in [0.15, 0.2) is 0 Å². The number of carbonyl (C=O) groups is 2. The number of hydrogen-bond donors (Lipinski definition) is 4. The molecule has 0 atom stereocenters. The van der Waals surface area contributed by atoms with E-state index in [9.17, 15) is 14.7 Å². The number of anilines is 3. The van der Waals surface area contributed by atoms with Crippen LogP contribution < -0.4 is 25.4 Å². The molecule has 4 N–H and O–H groups in total. The van der Waals surface area contributed by atoms with E-state index in [2.05, 4.69) is 26.0 Å². The van der Waals surface area contributed by atoms with Gasteiger partial charge in [-0.05, 0) is 54.1 Å². The van der Waals surface area contributed by atoms with Crippen molar-refractivity contribution in [1.29, 1.82) is 0 Å². The lowest BCUT2D eigenvalue weighted by molar-refractivity contribution is -0.119.